The van der Waals surface area contributed by atoms with E-state index in [4.69, 9.17) is 0 Å². The molecule has 0 atom stereocenters. The van der Waals surface area contributed by atoms with Crippen molar-refractivity contribution in [2.45, 2.75) is 18.5 Å². The van der Waals surface area contributed by atoms with Crippen molar-refractivity contribution < 1.29 is 0 Å². The molecule has 5 rings (SSSR count). The van der Waals surface area contributed by atoms with E-state index in [1.807, 2.05) is 25.7 Å². The van der Waals surface area contributed by atoms with Crippen molar-refractivity contribution in [1.82, 2.24) is 29.6 Å². The first-order valence-electron chi connectivity index (χ1n) is 10.9. The monoisotopic (exact) mass is 465 g/mol. The van der Waals surface area contributed by atoms with Crippen molar-refractivity contribution in [2.24, 2.45) is 7.05 Å². The van der Waals surface area contributed by atoms with E-state index in [0.717, 1.165) is 72.3 Å². The second-order valence-electron chi connectivity index (χ2n) is 8.02. The summed E-state index contributed by atoms with van der Waals surface area (Å²) in [6.45, 7) is 7.33. The van der Waals surface area contributed by atoms with Gasteiger partial charge < -0.3 is 9.47 Å². The number of rotatable bonds is 7. The molecule has 1 aliphatic heterocycles. The third-order valence-corrected chi connectivity index (χ3v) is 7.99. The molecule has 1 aromatic carbocycles. The van der Waals surface area contributed by atoms with E-state index < -0.39 is 0 Å². The topological polar surface area (TPSA) is 63.0 Å². The fourth-order valence-corrected chi connectivity index (χ4v) is 5.80. The van der Waals surface area contributed by atoms with Crippen LogP contribution in [0, 0.1) is 6.92 Å². The fourth-order valence-electron chi connectivity index (χ4n) is 4.15. The number of aryl methyl sites for hydroxylation is 1. The fraction of sp³-hybridized carbons (Fsp3) is 0.391. The molecule has 3 aromatic heterocycles. The van der Waals surface area contributed by atoms with Crippen molar-refractivity contribution in [3.05, 3.63) is 47.7 Å². The molecule has 9 heteroatoms. The Labute approximate surface area is 196 Å². The highest BCUT2D eigenvalue weighted by Crippen LogP contribution is 2.28. The summed E-state index contributed by atoms with van der Waals surface area (Å²) in [6.07, 6.45) is 3.06. The molecule has 7 nitrogen and oxygen atoms in total. The lowest BCUT2D eigenvalue weighted by Crippen LogP contribution is -2.47. The van der Waals surface area contributed by atoms with Gasteiger partial charge in [-0.15, -0.1) is 21.5 Å². The van der Waals surface area contributed by atoms with Crippen LogP contribution >= 0.6 is 23.1 Å². The van der Waals surface area contributed by atoms with Crippen LogP contribution in [0.4, 0.5) is 5.82 Å². The number of benzene rings is 1. The predicted octanol–water partition coefficient (Wildman–Crippen LogP) is 4.10. The van der Waals surface area contributed by atoms with E-state index in [0.29, 0.717) is 0 Å². The maximum atomic E-state index is 4.68. The third kappa shape index (κ3) is 4.37. The second-order valence-corrected chi connectivity index (χ2v) is 9.94. The standard InChI is InChI=1S/C23H27N7S2/c1-17-20(32-16-25-17)22-26-27-23(28(22)2)31-15-5-10-29-11-13-30(14-12-29)21-19-7-4-3-6-18(19)8-9-24-21/h3-4,6-9,16H,5,10-15H2,1-2H3. The van der Waals surface area contributed by atoms with Crippen molar-refractivity contribution in [3.63, 3.8) is 0 Å². The number of fused-ring (bicyclic) bond motifs is 1. The minimum atomic E-state index is 0.908. The molecule has 0 saturated carbocycles. The van der Waals surface area contributed by atoms with Crippen LogP contribution in [-0.2, 0) is 7.05 Å². The molecule has 166 valence electrons. The number of nitrogens with zero attached hydrogens (tertiary/aromatic N) is 7. The van der Waals surface area contributed by atoms with E-state index in [-0.39, 0.29) is 0 Å². The number of piperazine rings is 1. The van der Waals surface area contributed by atoms with Crippen LogP contribution < -0.4 is 4.90 Å². The highest BCUT2D eigenvalue weighted by molar-refractivity contribution is 7.99. The molecule has 0 N–H and O–H groups in total. The quantitative estimate of drug-likeness (QED) is 0.301. The van der Waals surface area contributed by atoms with Crippen LogP contribution in [0.3, 0.4) is 0 Å². The molecule has 0 aliphatic carbocycles. The Morgan fingerprint density at radius 3 is 2.69 bits per heavy atom. The molecule has 1 aliphatic rings. The smallest absolute Gasteiger partial charge is 0.191 e. The van der Waals surface area contributed by atoms with Crippen LogP contribution in [-0.4, -0.2) is 68.1 Å². The Kier molecular flexibility index (Phi) is 6.38. The summed E-state index contributed by atoms with van der Waals surface area (Å²) in [5.41, 5.74) is 2.88. The zero-order valence-electron chi connectivity index (χ0n) is 18.4. The van der Waals surface area contributed by atoms with Crippen molar-refractivity contribution in [3.8, 4) is 10.7 Å². The van der Waals surface area contributed by atoms with Gasteiger partial charge in [0, 0.05) is 50.6 Å². The van der Waals surface area contributed by atoms with E-state index in [1.54, 1.807) is 23.1 Å². The van der Waals surface area contributed by atoms with Gasteiger partial charge in [-0.3, -0.25) is 4.90 Å². The summed E-state index contributed by atoms with van der Waals surface area (Å²) in [4.78, 5) is 15.1. The molecule has 0 unspecified atom stereocenters. The third-order valence-electron chi connectivity index (χ3n) is 5.96. The molecular formula is C23H27N7S2. The zero-order valence-corrected chi connectivity index (χ0v) is 20.1. The lowest BCUT2D eigenvalue weighted by Gasteiger charge is -2.35. The Morgan fingerprint density at radius 1 is 1.03 bits per heavy atom. The largest absolute Gasteiger partial charge is 0.354 e. The first-order valence-corrected chi connectivity index (χ1v) is 12.8. The minimum absolute atomic E-state index is 0.908. The second kappa shape index (κ2) is 9.56. The van der Waals surface area contributed by atoms with E-state index in [9.17, 15) is 0 Å². The summed E-state index contributed by atoms with van der Waals surface area (Å²) in [5, 5.41) is 12.3. The van der Waals surface area contributed by atoms with Gasteiger partial charge in [0.05, 0.1) is 16.1 Å². The normalized spacial score (nSPS) is 15.0. The number of hydrogen-bond donors (Lipinski definition) is 0. The molecule has 32 heavy (non-hydrogen) atoms. The number of aromatic nitrogens is 5. The highest BCUT2D eigenvalue weighted by atomic mass is 32.2. The number of thioether (sulfide) groups is 1. The Hall–Kier alpha value is -2.49. The molecule has 1 fully saturated rings. The maximum Gasteiger partial charge on any atom is 0.191 e. The van der Waals surface area contributed by atoms with Crippen LogP contribution in [0.5, 0.6) is 0 Å². The van der Waals surface area contributed by atoms with Crippen LogP contribution in [0.25, 0.3) is 21.5 Å². The number of anilines is 1. The van der Waals surface area contributed by atoms with E-state index >= 15 is 0 Å². The van der Waals surface area contributed by atoms with Crippen LogP contribution in [0.1, 0.15) is 12.1 Å². The lowest BCUT2D eigenvalue weighted by atomic mass is 10.1. The predicted molar refractivity (Wildman–Crippen MR) is 133 cm³/mol. The van der Waals surface area contributed by atoms with Crippen molar-refractivity contribution >= 4 is 39.7 Å². The summed E-state index contributed by atoms with van der Waals surface area (Å²) in [5.74, 6) is 3.07. The first-order chi connectivity index (χ1) is 15.7. The Morgan fingerprint density at radius 2 is 1.88 bits per heavy atom. The van der Waals surface area contributed by atoms with Gasteiger partial charge in [-0.1, -0.05) is 36.0 Å². The molecule has 4 heterocycles. The average Bonchev–Trinajstić information content (AvgIpc) is 3.41. The molecule has 0 amide bonds. The zero-order chi connectivity index (χ0) is 21.9. The summed E-state index contributed by atoms with van der Waals surface area (Å²) < 4.78 is 2.08. The number of thiazole rings is 1. The minimum Gasteiger partial charge on any atom is -0.354 e. The number of pyridine rings is 1. The molecule has 1 saturated heterocycles. The molecule has 0 spiro atoms. The highest BCUT2D eigenvalue weighted by Gasteiger charge is 2.20. The van der Waals surface area contributed by atoms with E-state index in [2.05, 4.69) is 64.9 Å². The van der Waals surface area contributed by atoms with Gasteiger partial charge in [-0.2, -0.15) is 0 Å². The Bertz CT molecular complexity index is 1190. The molecule has 4 aromatic rings. The van der Waals surface area contributed by atoms with Gasteiger partial charge in [0.15, 0.2) is 11.0 Å². The summed E-state index contributed by atoms with van der Waals surface area (Å²) in [6, 6.07) is 10.6. The first kappa shape index (κ1) is 21.4. The Balaban J connectivity index is 1.10. The van der Waals surface area contributed by atoms with Gasteiger partial charge in [0.25, 0.3) is 0 Å². The van der Waals surface area contributed by atoms with Crippen molar-refractivity contribution in [1.29, 1.82) is 0 Å². The summed E-state index contributed by atoms with van der Waals surface area (Å²) in [7, 11) is 2.04. The van der Waals surface area contributed by atoms with Crippen molar-refractivity contribution in [2.75, 3.05) is 43.4 Å². The van der Waals surface area contributed by atoms with Gasteiger partial charge in [0.2, 0.25) is 0 Å². The lowest BCUT2D eigenvalue weighted by molar-refractivity contribution is 0.259. The van der Waals surface area contributed by atoms with E-state index in [1.165, 1.54) is 10.8 Å². The SMILES string of the molecule is Cc1ncsc1-c1nnc(SCCCN2CCN(c3nccc4ccccc34)CC2)n1C. The molecule has 0 bridgehead atoms. The molecule has 0 radical (unpaired) electrons. The van der Waals surface area contributed by atoms with Gasteiger partial charge in [0.1, 0.15) is 5.82 Å². The van der Waals surface area contributed by atoms with Crippen LogP contribution in [0.15, 0.2) is 47.2 Å². The average molecular weight is 466 g/mol. The van der Waals surface area contributed by atoms with Crippen LogP contribution in [0.2, 0.25) is 0 Å². The van der Waals surface area contributed by atoms with Gasteiger partial charge in [-0.05, 0) is 31.3 Å². The number of hydrogen-bond acceptors (Lipinski definition) is 8. The maximum absolute atomic E-state index is 4.68. The summed E-state index contributed by atoms with van der Waals surface area (Å²) >= 11 is 3.40. The molecular weight excluding hydrogens is 438 g/mol. The van der Waals surface area contributed by atoms with Gasteiger partial charge >= 0.3 is 0 Å². The van der Waals surface area contributed by atoms with Gasteiger partial charge in [-0.25, -0.2) is 9.97 Å².